The summed E-state index contributed by atoms with van der Waals surface area (Å²) in [6, 6.07) is 0.150. The Bertz CT molecular complexity index is 286. The highest BCUT2D eigenvalue weighted by molar-refractivity contribution is 5.80. The molecule has 4 heteroatoms. The molecule has 1 fully saturated rings. The number of aldehydes is 1. The van der Waals surface area contributed by atoms with Crippen LogP contribution in [0.3, 0.4) is 0 Å². The average Bonchev–Trinajstić information content (AvgIpc) is 2.19. The van der Waals surface area contributed by atoms with Crippen LogP contribution in [-0.2, 0) is 14.3 Å². The number of carbonyl (C=O) groups is 2. The first-order chi connectivity index (χ1) is 7.79. The minimum atomic E-state index is -0.634. The summed E-state index contributed by atoms with van der Waals surface area (Å²) in [5, 5.41) is 0. The molecule has 1 aliphatic rings. The molecule has 1 aliphatic carbocycles. The third-order valence-corrected chi connectivity index (χ3v) is 3.29. The molecule has 0 heterocycles. The van der Waals surface area contributed by atoms with Crippen LogP contribution >= 0.6 is 0 Å². The van der Waals surface area contributed by atoms with Crippen molar-refractivity contribution < 1.29 is 14.3 Å². The molecule has 0 saturated heterocycles. The van der Waals surface area contributed by atoms with Gasteiger partial charge in [-0.15, -0.1) is 0 Å². The zero-order chi connectivity index (χ0) is 13.1. The van der Waals surface area contributed by atoms with Gasteiger partial charge in [0.1, 0.15) is 11.9 Å². The Balaban J connectivity index is 2.77. The summed E-state index contributed by atoms with van der Waals surface area (Å²) < 4.78 is 5.43. The number of hydrogen-bond acceptors (Lipinski definition) is 4. The lowest BCUT2D eigenvalue weighted by molar-refractivity contribution is -0.171. The number of ether oxygens (including phenoxy) is 1. The van der Waals surface area contributed by atoms with Crippen molar-refractivity contribution in [3.63, 3.8) is 0 Å². The Morgan fingerprint density at radius 2 is 1.94 bits per heavy atom. The van der Waals surface area contributed by atoms with Crippen LogP contribution in [0.4, 0.5) is 0 Å². The Morgan fingerprint density at radius 3 is 2.35 bits per heavy atom. The van der Waals surface area contributed by atoms with E-state index >= 15 is 0 Å². The highest BCUT2D eigenvalue weighted by Crippen LogP contribution is 2.40. The molecular weight excluding hydrogens is 218 g/mol. The second-order valence-electron chi connectivity index (χ2n) is 5.99. The molecule has 0 radical (unpaired) electrons. The predicted octanol–water partition coefficient (Wildman–Crippen LogP) is 1.80. The molecule has 0 amide bonds. The lowest BCUT2D eigenvalue weighted by Crippen LogP contribution is -2.43. The molecule has 17 heavy (non-hydrogen) atoms. The lowest BCUT2D eigenvalue weighted by atomic mass is 9.70. The fraction of sp³-hybridized carbons (Fsp3) is 0.846. The van der Waals surface area contributed by atoms with Crippen molar-refractivity contribution in [1.29, 1.82) is 0 Å². The van der Waals surface area contributed by atoms with Crippen LogP contribution in [0.15, 0.2) is 0 Å². The van der Waals surface area contributed by atoms with E-state index in [4.69, 9.17) is 10.5 Å². The van der Waals surface area contributed by atoms with E-state index in [9.17, 15) is 9.59 Å². The molecule has 98 valence electrons. The maximum Gasteiger partial charge on any atom is 0.313 e. The SMILES string of the molecule is CC(C)(C)OC(=O)[C@]1(CC=O)CC[C@H](N)CC1. The zero-order valence-electron chi connectivity index (χ0n) is 11.0. The molecule has 2 N–H and O–H groups in total. The Hall–Kier alpha value is -0.900. The quantitative estimate of drug-likeness (QED) is 0.604. The molecule has 1 saturated carbocycles. The number of esters is 1. The van der Waals surface area contributed by atoms with E-state index in [2.05, 4.69) is 0 Å². The lowest BCUT2D eigenvalue weighted by Gasteiger charge is -2.37. The highest BCUT2D eigenvalue weighted by atomic mass is 16.6. The normalized spacial score (nSPS) is 29.8. The van der Waals surface area contributed by atoms with Crippen molar-refractivity contribution in [2.24, 2.45) is 11.1 Å². The van der Waals surface area contributed by atoms with E-state index < -0.39 is 11.0 Å². The van der Waals surface area contributed by atoms with Gasteiger partial charge in [0, 0.05) is 12.5 Å². The molecule has 0 bridgehead atoms. The van der Waals surface area contributed by atoms with Crippen LogP contribution in [-0.4, -0.2) is 23.9 Å². The molecule has 0 spiro atoms. The van der Waals surface area contributed by atoms with Crippen LogP contribution in [0.2, 0.25) is 0 Å². The Morgan fingerprint density at radius 1 is 1.41 bits per heavy atom. The van der Waals surface area contributed by atoms with Gasteiger partial charge in [-0.2, -0.15) is 0 Å². The van der Waals surface area contributed by atoms with Crippen LogP contribution in [0.1, 0.15) is 52.9 Å². The summed E-state index contributed by atoms with van der Waals surface area (Å²) in [4.78, 5) is 23.0. The highest BCUT2D eigenvalue weighted by Gasteiger charge is 2.43. The molecule has 0 aromatic carbocycles. The summed E-state index contributed by atoms with van der Waals surface area (Å²) in [5.74, 6) is -0.246. The second-order valence-corrected chi connectivity index (χ2v) is 5.99. The van der Waals surface area contributed by atoms with Gasteiger partial charge in [0.2, 0.25) is 0 Å². The fourth-order valence-corrected chi connectivity index (χ4v) is 2.23. The number of hydrogen-bond donors (Lipinski definition) is 1. The summed E-state index contributed by atoms with van der Waals surface area (Å²) in [5.41, 5.74) is 4.70. The van der Waals surface area contributed by atoms with Crippen molar-refractivity contribution in [2.75, 3.05) is 0 Å². The van der Waals surface area contributed by atoms with E-state index in [1.165, 1.54) is 0 Å². The van der Waals surface area contributed by atoms with Crippen LogP contribution in [0.5, 0.6) is 0 Å². The van der Waals surface area contributed by atoms with Crippen molar-refractivity contribution >= 4 is 12.3 Å². The van der Waals surface area contributed by atoms with E-state index in [0.29, 0.717) is 12.8 Å². The maximum atomic E-state index is 12.2. The van der Waals surface area contributed by atoms with Crippen LogP contribution in [0, 0.1) is 5.41 Å². The first-order valence-electron chi connectivity index (χ1n) is 6.22. The van der Waals surface area contributed by atoms with Gasteiger partial charge in [0.15, 0.2) is 0 Å². The predicted molar refractivity (Wildman–Crippen MR) is 65.4 cm³/mol. The zero-order valence-corrected chi connectivity index (χ0v) is 11.0. The standard InChI is InChI=1S/C13H23NO3/c1-12(2,3)17-11(16)13(8-9-15)6-4-10(14)5-7-13/h9-10H,4-8,14H2,1-3H3/t10-,13+. The summed E-state index contributed by atoms with van der Waals surface area (Å²) in [7, 11) is 0. The summed E-state index contributed by atoms with van der Waals surface area (Å²) in [6.45, 7) is 5.52. The van der Waals surface area contributed by atoms with E-state index in [0.717, 1.165) is 19.1 Å². The maximum absolute atomic E-state index is 12.2. The number of nitrogens with two attached hydrogens (primary N) is 1. The second kappa shape index (κ2) is 5.17. The topological polar surface area (TPSA) is 69.4 Å². The van der Waals surface area contributed by atoms with Gasteiger partial charge in [-0.3, -0.25) is 4.79 Å². The van der Waals surface area contributed by atoms with E-state index in [-0.39, 0.29) is 18.4 Å². The number of carbonyl (C=O) groups excluding carboxylic acids is 2. The molecule has 0 aromatic rings. The summed E-state index contributed by atoms with van der Waals surface area (Å²) in [6.07, 6.45) is 3.94. The van der Waals surface area contributed by atoms with Gasteiger partial charge in [0.05, 0.1) is 5.41 Å². The number of rotatable bonds is 3. The van der Waals surface area contributed by atoms with Gasteiger partial charge in [0.25, 0.3) is 0 Å². The molecule has 4 nitrogen and oxygen atoms in total. The van der Waals surface area contributed by atoms with E-state index in [1.807, 2.05) is 20.8 Å². The first-order valence-corrected chi connectivity index (χ1v) is 6.22. The van der Waals surface area contributed by atoms with Gasteiger partial charge in [-0.25, -0.2) is 0 Å². The van der Waals surface area contributed by atoms with Crippen LogP contribution in [0.25, 0.3) is 0 Å². The van der Waals surface area contributed by atoms with Gasteiger partial charge in [-0.1, -0.05) is 0 Å². The summed E-state index contributed by atoms with van der Waals surface area (Å²) >= 11 is 0. The van der Waals surface area contributed by atoms with Gasteiger partial charge in [-0.05, 0) is 46.5 Å². The Kier molecular flexibility index (Phi) is 4.31. The van der Waals surface area contributed by atoms with Gasteiger partial charge < -0.3 is 15.3 Å². The van der Waals surface area contributed by atoms with Crippen molar-refractivity contribution in [3.05, 3.63) is 0 Å². The largest absolute Gasteiger partial charge is 0.460 e. The van der Waals surface area contributed by atoms with E-state index in [1.54, 1.807) is 0 Å². The van der Waals surface area contributed by atoms with Crippen molar-refractivity contribution in [3.8, 4) is 0 Å². The third-order valence-electron chi connectivity index (χ3n) is 3.29. The Labute approximate surface area is 103 Å². The van der Waals surface area contributed by atoms with Gasteiger partial charge >= 0.3 is 5.97 Å². The van der Waals surface area contributed by atoms with Crippen molar-refractivity contribution in [1.82, 2.24) is 0 Å². The minimum Gasteiger partial charge on any atom is -0.460 e. The third kappa shape index (κ3) is 3.80. The van der Waals surface area contributed by atoms with Crippen LogP contribution < -0.4 is 5.73 Å². The fourth-order valence-electron chi connectivity index (χ4n) is 2.23. The monoisotopic (exact) mass is 241 g/mol. The van der Waals surface area contributed by atoms with Crippen molar-refractivity contribution in [2.45, 2.75) is 64.5 Å². The molecule has 0 aromatic heterocycles. The molecule has 1 rings (SSSR count). The first kappa shape index (κ1) is 14.2. The minimum absolute atomic E-state index is 0.150. The molecular formula is C13H23NO3. The smallest absolute Gasteiger partial charge is 0.313 e. The molecule has 0 atom stereocenters. The molecule has 0 unspecified atom stereocenters. The molecule has 0 aliphatic heterocycles. The average molecular weight is 241 g/mol.